The van der Waals surface area contributed by atoms with E-state index in [1.165, 1.54) is 6.42 Å². The maximum Gasteiger partial charge on any atom is 0.243 e. The van der Waals surface area contributed by atoms with Gasteiger partial charge in [-0.15, -0.1) is 0 Å². The van der Waals surface area contributed by atoms with Gasteiger partial charge in [-0.05, 0) is 46.1 Å². The van der Waals surface area contributed by atoms with Crippen LogP contribution in [0.25, 0.3) is 0 Å². The van der Waals surface area contributed by atoms with E-state index in [4.69, 9.17) is 0 Å². The Balaban J connectivity index is 2.20. The van der Waals surface area contributed by atoms with Crippen molar-refractivity contribution in [2.24, 2.45) is 0 Å². The van der Waals surface area contributed by atoms with Gasteiger partial charge in [0.2, 0.25) is 5.91 Å². The highest BCUT2D eigenvalue weighted by Gasteiger charge is 2.18. The fraction of sp³-hybridized carbons (Fsp3) is 0.643. The van der Waals surface area contributed by atoms with Crippen molar-refractivity contribution in [1.82, 2.24) is 15.1 Å². The zero-order valence-electron chi connectivity index (χ0n) is 11.6. The van der Waals surface area contributed by atoms with Crippen LogP contribution in [-0.4, -0.2) is 55.5 Å². The fourth-order valence-electron chi connectivity index (χ4n) is 2.11. The zero-order chi connectivity index (χ0) is 13.4. The van der Waals surface area contributed by atoms with Crippen LogP contribution in [0.2, 0.25) is 0 Å². The lowest BCUT2D eigenvalue weighted by atomic mass is 10.2. The Hall–Kier alpha value is -1.29. The maximum atomic E-state index is 11.6. The molecule has 1 rings (SSSR count). The first kappa shape index (κ1) is 14.8. The third-order valence-electron chi connectivity index (χ3n) is 3.13. The van der Waals surface area contributed by atoms with E-state index in [0.717, 1.165) is 32.5 Å². The van der Waals surface area contributed by atoms with Gasteiger partial charge in [-0.1, -0.05) is 12.7 Å². The number of nitrogens with zero attached hydrogens (tertiary/aromatic N) is 2. The van der Waals surface area contributed by atoms with Gasteiger partial charge in [-0.25, -0.2) is 0 Å². The van der Waals surface area contributed by atoms with E-state index in [2.05, 4.69) is 21.7 Å². The maximum absolute atomic E-state index is 11.6. The van der Waals surface area contributed by atoms with E-state index in [0.29, 0.717) is 6.04 Å². The Morgan fingerprint density at radius 1 is 1.56 bits per heavy atom. The fourth-order valence-corrected chi connectivity index (χ4v) is 2.11. The lowest BCUT2D eigenvalue weighted by Gasteiger charge is -2.18. The van der Waals surface area contributed by atoms with E-state index >= 15 is 0 Å². The van der Waals surface area contributed by atoms with E-state index in [-0.39, 0.29) is 5.91 Å². The third-order valence-corrected chi connectivity index (χ3v) is 3.13. The second-order valence-electron chi connectivity index (χ2n) is 4.94. The van der Waals surface area contributed by atoms with Gasteiger partial charge in [0.05, 0.1) is 0 Å². The average molecular weight is 251 g/mol. The summed E-state index contributed by atoms with van der Waals surface area (Å²) in [6, 6.07) is 0.343. The van der Waals surface area contributed by atoms with Crippen LogP contribution in [0.4, 0.5) is 0 Å². The van der Waals surface area contributed by atoms with E-state index < -0.39 is 0 Å². The van der Waals surface area contributed by atoms with Crippen molar-refractivity contribution in [2.75, 3.05) is 33.7 Å². The van der Waals surface area contributed by atoms with Crippen LogP contribution in [0.1, 0.15) is 19.3 Å². The molecule has 18 heavy (non-hydrogen) atoms. The zero-order valence-corrected chi connectivity index (χ0v) is 11.6. The van der Waals surface area contributed by atoms with Gasteiger partial charge in [0.25, 0.3) is 0 Å². The number of carbonyl (C=O) groups is 1. The summed E-state index contributed by atoms with van der Waals surface area (Å²) in [4.78, 5) is 15.9. The molecule has 102 valence electrons. The van der Waals surface area contributed by atoms with Crippen LogP contribution in [0, 0.1) is 0 Å². The minimum absolute atomic E-state index is 0.00432. The van der Waals surface area contributed by atoms with Crippen molar-refractivity contribution in [3.05, 3.63) is 24.9 Å². The van der Waals surface area contributed by atoms with E-state index in [1.54, 1.807) is 6.08 Å². The molecule has 1 heterocycles. The molecule has 0 radical (unpaired) electrons. The Labute approximate surface area is 110 Å². The highest BCUT2D eigenvalue weighted by atomic mass is 16.1. The molecular formula is C14H25N3O. The van der Waals surface area contributed by atoms with Crippen LogP contribution in [0.3, 0.4) is 0 Å². The first-order chi connectivity index (χ1) is 8.63. The summed E-state index contributed by atoms with van der Waals surface area (Å²) >= 11 is 0. The number of likely N-dealkylation sites (tertiary alicyclic amines) is 1. The Kier molecular flexibility index (Phi) is 6.50. The summed E-state index contributed by atoms with van der Waals surface area (Å²) in [7, 11) is 4.07. The molecule has 1 aliphatic heterocycles. The van der Waals surface area contributed by atoms with Gasteiger partial charge in [-0.2, -0.15) is 0 Å². The summed E-state index contributed by atoms with van der Waals surface area (Å²) < 4.78 is 0. The molecule has 0 aromatic carbocycles. The van der Waals surface area contributed by atoms with Crippen LogP contribution >= 0.6 is 0 Å². The predicted octanol–water partition coefficient (Wildman–Crippen LogP) is 1.22. The van der Waals surface area contributed by atoms with Gasteiger partial charge < -0.3 is 15.1 Å². The number of amides is 1. The molecule has 0 bridgehead atoms. The minimum atomic E-state index is 0.00432. The van der Waals surface area contributed by atoms with Gasteiger partial charge in [0, 0.05) is 25.2 Å². The normalized spacial score (nSPS) is 19.7. The number of hydrogen-bond donors (Lipinski definition) is 1. The largest absolute Gasteiger partial charge is 0.372 e. The molecule has 1 saturated heterocycles. The molecule has 1 N–H and O–H groups in total. The van der Waals surface area contributed by atoms with Gasteiger partial charge in [0.1, 0.15) is 0 Å². The van der Waals surface area contributed by atoms with Crippen LogP contribution in [-0.2, 0) is 4.79 Å². The van der Waals surface area contributed by atoms with Crippen molar-refractivity contribution in [3.8, 4) is 0 Å². The summed E-state index contributed by atoms with van der Waals surface area (Å²) in [6.07, 6.45) is 8.76. The SMILES string of the molecule is C=CN1CCCC1C=CC(=O)NCCCN(C)C. The van der Waals surface area contributed by atoms with Crippen LogP contribution in [0.5, 0.6) is 0 Å². The van der Waals surface area contributed by atoms with Crippen LogP contribution < -0.4 is 5.32 Å². The highest BCUT2D eigenvalue weighted by Crippen LogP contribution is 2.17. The van der Waals surface area contributed by atoms with Crippen molar-refractivity contribution >= 4 is 5.91 Å². The molecule has 1 atom stereocenters. The van der Waals surface area contributed by atoms with Crippen molar-refractivity contribution in [2.45, 2.75) is 25.3 Å². The smallest absolute Gasteiger partial charge is 0.243 e. The summed E-state index contributed by atoms with van der Waals surface area (Å²) in [6.45, 7) is 6.56. The molecule has 0 aromatic heterocycles. The molecule has 1 unspecified atom stereocenters. The Morgan fingerprint density at radius 3 is 3.00 bits per heavy atom. The Morgan fingerprint density at radius 2 is 2.33 bits per heavy atom. The molecule has 1 aliphatic rings. The number of nitrogens with one attached hydrogen (secondary N) is 1. The first-order valence-corrected chi connectivity index (χ1v) is 6.62. The van der Waals surface area contributed by atoms with Crippen molar-refractivity contribution in [3.63, 3.8) is 0 Å². The minimum Gasteiger partial charge on any atom is -0.372 e. The molecule has 4 heteroatoms. The second-order valence-corrected chi connectivity index (χ2v) is 4.94. The molecule has 4 nitrogen and oxygen atoms in total. The summed E-state index contributed by atoms with van der Waals surface area (Å²) in [5, 5.41) is 2.90. The number of rotatable bonds is 7. The number of carbonyl (C=O) groups excluding carboxylic acids is 1. The Bertz CT molecular complexity index is 299. The van der Waals surface area contributed by atoms with Crippen molar-refractivity contribution in [1.29, 1.82) is 0 Å². The average Bonchev–Trinajstić information content (AvgIpc) is 2.79. The molecule has 1 amide bonds. The first-order valence-electron chi connectivity index (χ1n) is 6.62. The molecule has 1 fully saturated rings. The molecule has 0 spiro atoms. The van der Waals surface area contributed by atoms with Gasteiger partial charge in [-0.3, -0.25) is 4.79 Å². The van der Waals surface area contributed by atoms with Crippen molar-refractivity contribution < 1.29 is 4.79 Å². The molecule has 0 saturated carbocycles. The quantitative estimate of drug-likeness (QED) is 0.546. The highest BCUT2D eigenvalue weighted by molar-refractivity contribution is 5.87. The van der Waals surface area contributed by atoms with Gasteiger partial charge in [0.15, 0.2) is 0 Å². The van der Waals surface area contributed by atoms with Gasteiger partial charge >= 0.3 is 0 Å². The topological polar surface area (TPSA) is 35.6 Å². The lowest BCUT2D eigenvalue weighted by Crippen LogP contribution is -2.26. The number of hydrogen-bond acceptors (Lipinski definition) is 3. The summed E-state index contributed by atoms with van der Waals surface area (Å²) in [5.74, 6) is 0.00432. The molecular weight excluding hydrogens is 226 g/mol. The summed E-state index contributed by atoms with van der Waals surface area (Å²) in [5.41, 5.74) is 0. The third kappa shape index (κ3) is 5.36. The standard InChI is InChI=1S/C14H25N3O/c1-4-17-12-5-7-13(17)8-9-14(18)15-10-6-11-16(2)3/h4,8-9,13H,1,5-7,10-12H2,2-3H3,(H,15,18). The monoisotopic (exact) mass is 251 g/mol. The van der Waals surface area contributed by atoms with Crippen LogP contribution in [0.15, 0.2) is 24.9 Å². The predicted molar refractivity (Wildman–Crippen MR) is 75.2 cm³/mol. The van der Waals surface area contributed by atoms with E-state index in [9.17, 15) is 4.79 Å². The second kappa shape index (κ2) is 7.93. The van der Waals surface area contributed by atoms with E-state index in [1.807, 2.05) is 26.4 Å². The lowest BCUT2D eigenvalue weighted by molar-refractivity contribution is -0.116. The molecule has 0 aromatic rings. The molecule has 0 aliphatic carbocycles.